The predicted molar refractivity (Wildman–Crippen MR) is 99.6 cm³/mol. The molecule has 25 heavy (non-hydrogen) atoms. The van der Waals surface area contributed by atoms with Gasteiger partial charge in [-0.15, -0.1) is 11.3 Å². The van der Waals surface area contributed by atoms with E-state index in [1.54, 1.807) is 11.3 Å². The summed E-state index contributed by atoms with van der Waals surface area (Å²) < 4.78 is 6.95. The van der Waals surface area contributed by atoms with Crippen molar-refractivity contribution in [1.82, 2.24) is 14.6 Å². The molecule has 0 aliphatic carbocycles. The minimum atomic E-state index is -0.185. The third-order valence-electron chi connectivity index (χ3n) is 4.62. The lowest BCUT2D eigenvalue weighted by Gasteiger charge is -2.21. The second-order valence-electron chi connectivity index (χ2n) is 6.43. The van der Waals surface area contributed by atoms with Gasteiger partial charge in [0.15, 0.2) is 5.82 Å². The Morgan fingerprint density at radius 3 is 2.96 bits per heavy atom. The first-order valence-corrected chi connectivity index (χ1v) is 9.04. The number of rotatable bonds is 3. The fourth-order valence-electron chi connectivity index (χ4n) is 3.19. The third-order valence-corrected chi connectivity index (χ3v) is 5.73. The first-order valence-electron chi connectivity index (χ1n) is 8.23. The Bertz CT molecular complexity index is 1010. The van der Waals surface area contributed by atoms with Crippen molar-refractivity contribution in [2.24, 2.45) is 0 Å². The molecule has 0 radical (unpaired) electrons. The molecule has 130 valence electrons. The topological polar surface area (TPSA) is 73.4 Å². The summed E-state index contributed by atoms with van der Waals surface area (Å²) in [6.45, 7) is 3.94. The lowest BCUT2D eigenvalue weighted by molar-refractivity contribution is 0.289. The van der Waals surface area contributed by atoms with E-state index in [1.807, 2.05) is 31.2 Å². The smallest absolute Gasteiger partial charge is 0.281 e. The predicted octanol–water partition coefficient (Wildman–Crippen LogP) is 2.05. The zero-order valence-electron chi connectivity index (χ0n) is 14.3. The molecule has 1 aromatic carbocycles. The van der Waals surface area contributed by atoms with E-state index in [-0.39, 0.29) is 12.2 Å². The molecule has 0 spiro atoms. The van der Waals surface area contributed by atoms with Crippen LogP contribution in [0.15, 0.2) is 29.1 Å². The highest BCUT2D eigenvalue weighted by atomic mass is 32.1. The number of benzene rings is 1. The van der Waals surface area contributed by atoms with E-state index in [9.17, 15) is 4.79 Å². The second-order valence-corrected chi connectivity index (χ2v) is 7.51. The Balaban J connectivity index is 1.72. The van der Waals surface area contributed by atoms with Crippen LogP contribution in [0.1, 0.15) is 21.8 Å². The van der Waals surface area contributed by atoms with Crippen LogP contribution >= 0.6 is 11.3 Å². The Labute approximate surface area is 149 Å². The summed E-state index contributed by atoms with van der Waals surface area (Å²) in [7, 11) is 2.09. The zero-order valence-corrected chi connectivity index (χ0v) is 15.1. The van der Waals surface area contributed by atoms with Crippen LogP contribution in [0.25, 0.3) is 10.2 Å². The van der Waals surface area contributed by atoms with E-state index in [0.717, 1.165) is 45.9 Å². The molecular formula is C18H20N4O2S. The molecule has 0 bridgehead atoms. The molecule has 0 fully saturated rings. The largest absolute Gasteiger partial charge is 0.485 e. The number of thiophene rings is 1. The molecule has 0 atom stereocenters. The number of nitrogen functional groups attached to an aromatic ring is 1. The van der Waals surface area contributed by atoms with Gasteiger partial charge in [0.2, 0.25) is 0 Å². The molecule has 3 aromatic rings. The van der Waals surface area contributed by atoms with Gasteiger partial charge in [0.05, 0.1) is 5.39 Å². The molecule has 0 saturated carbocycles. The number of likely N-dealkylation sites (N-methyl/N-ethyl adjacent to an activating group) is 1. The van der Waals surface area contributed by atoms with Gasteiger partial charge in [-0.2, -0.15) is 0 Å². The van der Waals surface area contributed by atoms with Crippen LogP contribution in [0.5, 0.6) is 5.75 Å². The molecule has 1 aliphatic heterocycles. The van der Waals surface area contributed by atoms with Crippen molar-refractivity contribution >= 4 is 21.6 Å². The standard InChI is InChI=1S/C18H20N4O2S/c1-11-5-3-4-6-13(11)24-10-15-20-17-16(18(23)22(15)19)12-7-8-21(2)9-14(12)25-17/h3-6H,7-10,19H2,1-2H3. The summed E-state index contributed by atoms with van der Waals surface area (Å²) in [6, 6.07) is 7.74. The van der Waals surface area contributed by atoms with E-state index in [2.05, 4.69) is 16.9 Å². The van der Waals surface area contributed by atoms with Crippen LogP contribution in [-0.2, 0) is 19.6 Å². The van der Waals surface area contributed by atoms with Crippen molar-refractivity contribution in [1.29, 1.82) is 0 Å². The minimum absolute atomic E-state index is 0.162. The summed E-state index contributed by atoms with van der Waals surface area (Å²) in [6.07, 6.45) is 0.863. The Morgan fingerprint density at radius 2 is 2.16 bits per heavy atom. The quantitative estimate of drug-likeness (QED) is 0.727. The lowest BCUT2D eigenvalue weighted by Crippen LogP contribution is -2.33. The highest BCUT2D eigenvalue weighted by molar-refractivity contribution is 7.18. The maximum atomic E-state index is 12.8. The average molecular weight is 356 g/mol. The molecular weight excluding hydrogens is 336 g/mol. The van der Waals surface area contributed by atoms with Gasteiger partial charge in [0, 0.05) is 18.0 Å². The minimum Gasteiger partial charge on any atom is -0.485 e. The molecule has 0 unspecified atom stereocenters. The number of para-hydroxylation sites is 1. The van der Waals surface area contributed by atoms with Crippen molar-refractivity contribution in [2.45, 2.75) is 26.5 Å². The molecule has 2 aromatic heterocycles. The molecule has 6 nitrogen and oxygen atoms in total. The van der Waals surface area contributed by atoms with Crippen LogP contribution in [0.4, 0.5) is 0 Å². The fraction of sp³-hybridized carbons (Fsp3) is 0.333. The second kappa shape index (κ2) is 6.16. The number of ether oxygens (including phenoxy) is 1. The third kappa shape index (κ3) is 2.79. The van der Waals surface area contributed by atoms with Gasteiger partial charge >= 0.3 is 0 Å². The Hall–Kier alpha value is -2.38. The van der Waals surface area contributed by atoms with Crippen molar-refractivity contribution in [3.8, 4) is 5.75 Å². The highest BCUT2D eigenvalue weighted by Gasteiger charge is 2.23. The van der Waals surface area contributed by atoms with Crippen LogP contribution in [-0.4, -0.2) is 28.2 Å². The normalized spacial score (nSPS) is 14.6. The van der Waals surface area contributed by atoms with Gasteiger partial charge in [0.25, 0.3) is 5.56 Å². The van der Waals surface area contributed by atoms with E-state index >= 15 is 0 Å². The van der Waals surface area contributed by atoms with E-state index in [1.165, 1.54) is 4.88 Å². The van der Waals surface area contributed by atoms with Crippen LogP contribution in [0.3, 0.4) is 0 Å². The fourth-order valence-corrected chi connectivity index (χ4v) is 4.50. The molecule has 7 heteroatoms. The molecule has 4 rings (SSSR count). The molecule has 0 amide bonds. The summed E-state index contributed by atoms with van der Waals surface area (Å²) in [5.41, 5.74) is 1.96. The van der Waals surface area contributed by atoms with Crippen molar-refractivity contribution in [2.75, 3.05) is 19.4 Å². The molecule has 0 saturated heterocycles. The van der Waals surface area contributed by atoms with E-state index in [0.29, 0.717) is 11.2 Å². The Kier molecular flexibility index (Phi) is 3.97. The first-order chi connectivity index (χ1) is 12.0. The number of hydrogen-bond acceptors (Lipinski definition) is 6. The van der Waals surface area contributed by atoms with Crippen LogP contribution < -0.4 is 16.1 Å². The summed E-state index contributed by atoms with van der Waals surface area (Å²) >= 11 is 1.59. The van der Waals surface area contributed by atoms with Gasteiger partial charge in [-0.3, -0.25) is 4.79 Å². The number of nitrogens with zero attached hydrogens (tertiary/aromatic N) is 3. The van der Waals surface area contributed by atoms with E-state index in [4.69, 9.17) is 10.6 Å². The Morgan fingerprint density at radius 1 is 1.36 bits per heavy atom. The van der Waals surface area contributed by atoms with Gasteiger partial charge < -0.3 is 15.5 Å². The van der Waals surface area contributed by atoms with Crippen LogP contribution in [0.2, 0.25) is 0 Å². The highest BCUT2D eigenvalue weighted by Crippen LogP contribution is 2.32. The molecule has 3 heterocycles. The van der Waals surface area contributed by atoms with Crippen molar-refractivity contribution < 1.29 is 4.74 Å². The molecule has 2 N–H and O–H groups in total. The SMILES string of the molecule is Cc1ccccc1OCc1nc2sc3c(c2c(=O)n1N)CCN(C)C3. The first kappa shape index (κ1) is 16.1. The average Bonchev–Trinajstić information content (AvgIpc) is 2.95. The lowest BCUT2D eigenvalue weighted by atomic mass is 10.1. The number of hydrogen-bond donors (Lipinski definition) is 1. The van der Waals surface area contributed by atoms with Gasteiger partial charge in [0.1, 0.15) is 17.2 Å². The summed E-state index contributed by atoms with van der Waals surface area (Å²) in [4.78, 5) is 21.6. The monoisotopic (exact) mass is 356 g/mol. The van der Waals surface area contributed by atoms with Gasteiger partial charge in [-0.05, 0) is 37.6 Å². The molecule has 1 aliphatic rings. The van der Waals surface area contributed by atoms with Gasteiger partial charge in [-0.25, -0.2) is 9.66 Å². The number of aryl methyl sites for hydroxylation is 1. The zero-order chi connectivity index (χ0) is 17.6. The van der Waals surface area contributed by atoms with E-state index < -0.39 is 0 Å². The number of nitrogens with two attached hydrogens (primary N) is 1. The van der Waals surface area contributed by atoms with Gasteiger partial charge in [-0.1, -0.05) is 18.2 Å². The van der Waals surface area contributed by atoms with Crippen LogP contribution in [0, 0.1) is 6.92 Å². The summed E-state index contributed by atoms with van der Waals surface area (Å²) in [5.74, 6) is 7.23. The number of aromatic nitrogens is 2. The maximum Gasteiger partial charge on any atom is 0.281 e. The van der Waals surface area contributed by atoms with Crippen molar-refractivity contribution in [3.05, 3.63) is 56.4 Å². The summed E-state index contributed by atoms with van der Waals surface area (Å²) in [5, 5.41) is 0.676. The number of fused-ring (bicyclic) bond motifs is 3. The maximum absolute atomic E-state index is 12.8. The van der Waals surface area contributed by atoms with Crippen molar-refractivity contribution in [3.63, 3.8) is 0 Å².